The molecule has 0 unspecified atom stereocenters. The topological polar surface area (TPSA) is 34.1 Å². The molecule has 0 saturated heterocycles. The van der Waals surface area contributed by atoms with Gasteiger partial charge in [-0.1, -0.05) is 126 Å². The van der Waals surface area contributed by atoms with Gasteiger partial charge < -0.3 is 0 Å². The third kappa shape index (κ3) is 12.3. The molecule has 0 aromatic heterocycles. The first-order chi connectivity index (χ1) is 14.1. The van der Waals surface area contributed by atoms with Gasteiger partial charge in [0.05, 0.1) is 4.91 Å². The second-order valence-electron chi connectivity index (χ2n) is 7.98. The molecule has 0 amide bonds. The van der Waals surface area contributed by atoms with Crippen molar-refractivity contribution in [2.75, 3.05) is 5.75 Å². The van der Waals surface area contributed by atoms with Crippen LogP contribution in [0.4, 0.5) is 0 Å². The Bertz CT molecular complexity index is 555. The summed E-state index contributed by atoms with van der Waals surface area (Å²) in [6, 6.07) is 0. The molecular weight excluding hydrogens is 423 g/mol. The second kappa shape index (κ2) is 17.4. The molecule has 2 nitrogen and oxygen atoms in total. The van der Waals surface area contributed by atoms with Gasteiger partial charge in [-0.25, -0.2) is 0 Å². The summed E-state index contributed by atoms with van der Waals surface area (Å²) in [5.41, 5.74) is 0. The van der Waals surface area contributed by atoms with Crippen LogP contribution in [0.1, 0.15) is 110 Å². The maximum absolute atomic E-state index is 12.0. The van der Waals surface area contributed by atoms with Crippen LogP contribution < -0.4 is 0 Å². The summed E-state index contributed by atoms with van der Waals surface area (Å²) >= 11 is 12.9. The highest BCUT2D eigenvalue weighted by atomic mass is 35.5. The molecule has 0 radical (unpaired) electrons. The highest BCUT2D eigenvalue weighted by Gasteiger charge is 2.26. The van der Waals surface area contributed by atoms with Gasteiger partial charge >= 0.3 is 0 Å². The molecule has 0 spiro atoms. The summed E-state index contributed by atoms with van der Waals surface area (Å²) in [5.74, 6) is 0.147. The molecule has 0 aromatic rings. The van der Waals surface area contributed by atoms with Gasteiger partial charge in [0.25, 0.3) is 0 Å². The number of halogens is 2. The first-order valence-corrected chi connectivity index (χ1v) is 13.3. The molecule has 0 fully saturated rings. The van der Waals surface area contributed by atoms with Crippen molar-refractivity contribution in [1.29, 1.82) is 0 Å². The van der Waals surface area contributed by atoms with Crippen LogP contribution in [0, 0.1) is 0 Å². The average molecular weight is 462 g/mol. The SMILES string of the molecule is CCCCCCCCCCCCCCCCCCSC1=CC(=O)C(Cl)=C(Cl)C1=O. The molecule has 0 saturated carbocycles. The molecular formula is C24H38Cl2O2S. The maximum atomic E-state index is 12.0. The first kappa shape index (κ1) is 26.8. The molecule has 29 heavy (non-hydrogen) atoms. The molecule has 1 rings (SSSR count). The fourth-order valence-corrected chi connectivity index (χ4v) is 4.89. The van der Waals surface area contributed by atoms with E-state index in [0.717, 1.165) is 12.2 Å². The number of unbranched alkanes of at least 4 members (excludes halogenated alkanes) is 15. The van der Waals surface area contributed by atoms with E-state index >= 15 is 0 Å². The quantitative estimate of drug-likeness (QED) is 0.151. The number of allylic oxidation sites excluding steroid dienone is 4. The van der Waals surface area contributed by atoms with E-state index < -0.39 is 0 Å². The van der Waals surface area contributed by atoms with Crippen molar-refractivity contribution in [1.82, 2.24) is 0 Å². The number of thioether (sulfide) groups is 1. The average Bonchev–Trinajstić information content (AvgIpc) is 2.72. The van der Waals surface area contributed by atoms with Gasteiger partial charge in [-0.05, 0) is 12.2 Å². The predicted molar refractivity (Wildman–Crippen MR) is 129 cm³/mol. The maximum Gasteiger partial charge on any atom is 0.212 e. The van der Waals surface area contributed by atoms with E-state index in [1.807, 2.05) is 0 Å². The number of Topliss-reactive ketones (excluding diaryl/α,β-unsaturated/α-hetero) is 1. The van der Waals surface area contributed by atoms with E-state index in [1.165, 1.54) is 114 Å². The highest BCUT2D eigenvalue weighted by Crippen LogP contribution is 2.31. The number of rotatable bonds is 18. The Labute approximate surface area is 192 Å². The molecule has 0 N–H and O–H groups in total. The zero-order valence-corrected chi connectivity index (χ0v) is 20.4. The Morgan fingerprint density at radius 1 is 0.655 bits per heavy atom. The van der Waals surface area contributed by atoms with Gasteiger partial charge in [0, 0.05) is 6.08 Å². The van der Waals surface area contributed by atoms with Crippen LogP contribution in [0.25, 0.3) is 0 Å². The van der Waals surface area contributed by atoms with Crippen LogP contribution in [0.3, 0.4) is 0 Å². The van der Waals surface area contributed by atoms with Crippen molar-refractivity contribution >= 4 is 46.5 Å². The van der Waals surface area contributed by atoms with Crippen LogP contribution in [-0.2, 0) is 9.59 Å². The van der Waals surface area contributed by atoms with Crippen LogP contribution in [0.5, 0.6) is 0 Å². The van der Waals surface area contributed by atoms with Crippen molar-refractivity contribution in [3.05, 3.63) is 21.0 Å². The number of hydrogen-bond donors (Lipinski definition) is 0. The highest BCUT2D eigenvalue weighted by molar-refractivity contribution is 8.04. The summed E-state index contributed by atoms with van der Waals surface area (Å²) in [7, 11) is 0. The van der Waals surface area contributed by atoms with Crippen molar-refractivity contribution < 1.29 is 9.59 Å². The Morgan fingerprint density at radius 2 is 1.07 bits per heavy atom. The summed E-state index contributed by atoms with van der Waals surface area (Å²) in [6.45, 7) is 2.27. The summed E-state index contributed by atoms with van der Waals surface area (Å²) in [5, 5.41) is -0.308. The van der Waals surface area contributed by atoms with E-state index in [0.29, 0.717) is 4.91 Å². The summed E-state index contributed by atoms with van der Waals surface area (Å²) < 4.78 is 0. The minimum absolute atomic E-state index is 0.145. The lowest BCUT2D eigenvalue weighted by Gasteiger charge is -2.11. The Morgan fingerprint density at radius 3 is 1.52 bits per heavy atom. The lowest BCUT2D eigenvalue weighted by molar-refractivity contribution is -0.114. The molecule has 1 aliphatic carbocycles. The van der Waals surface area contributed by atoms with Crippen molar-refractivity contribution in [2.24, 2.45) is 0 Å². The van der Waals surface area contributed by atoms with Crippen molar-refractivity contribution in [3.8, 4) is 0 Å². The molecule has 5 heteroatoms. The Kier molecular flexibility index (Phi) is 16.1. The standard InChI is InChI=1S/C24H38Cl2O2S/c1-2-3-4-5-6-7-8-9-10-11-12-13-14-15-16-17-18-29-21-19-20(27)22(25)23(26)24(21)28/h19H,2-18H2,1H3. The second-order valence-corrected chi connectivity index (χ2v) is 9.87. The fraction of sp³-hybridized carbons (Fsp3) is 0.750. The minimum atomic E-state index is -0.370. The lowest BCUT2D eigenvalue weighted by Crippen LogP contribution is -2.12. The van der Waals surface area contributed by atoms with Crippen LogP contribution in [0.2, 0.25) is 0 Å². The summed E-state index contributed by atoms with van der Waals surface area (Å²) in [4.78, 5) is 24.0. The van der Waals surface area contributed by atoms with Gasteiger partial charge in [0.1, 0.15) is 10.1 Å². The van der Waals surface area contributed by atoms with E-state index in [2.05, 4.69) is 6.92 Å². The molecule has 0 aromatic carbocycles. The fourth-order valence-electron chi connectivity index (χ4n) is 3.50. The first-order valence-electron chi connectivity index (χ1n) is 11.6. The monoisotopic (exact) mass is 460 g/mol. The number of ketones is 2. The predicted octanol–water partition coefficient (Wildman–Crippen LogP) is 8.71. The smallest absolute Gasteiger partial charge is 0.212 e. The molecule has 0 atom stereocenters. The zero-order valence-electron chi connectivity index (χ0n) is 18.1. The largest absolute Gasteiger partial charge is 0.288 e. The molecule has 166 valence electrons. The van der Waals surface area contributed by atoms with Gasteiger partial charge in [-0.2, -0.15) is 0 Å². The van der Waals surface area contributed by atoms with Gasteiger partial charge in [-0.3, -0.25) is 9.59 Å². The molecule has 0 aliphatic heterocycles. The normalized spacial score (nSPS) is 14.7. The molecule has 1 aliphatic rings. The van der Waals surface area contributed by atoms with Gasteiger partial charge in [0.2, 0.25) is 5.78 Å². The Balaban J connectivity index is 1.86. The number of hydrogen-bond acceptors (Lipinski definition) is 3. The van der Waals surface area contributed by atoms with Crippen LogP contribution in [-0.4, -0.2) is 17.3 Å². The molecule has 0 heterocycles. The number of carbonyl (C=O) groups is 2. The number of carbonyl (C=O) groups excluding carboxylic acids is 2. The zero-order chi connectivity index (χ0) is 21.3. The van der Waals surface area contributed by atoms with Crippen molar-refractivity contribution in [2.45, 2.75) is 110 Å². The Hall–Kier alpha value is -0.250. The van der Waals surface area contributed by atoms with E-state index in [-0.39, 0.29) is 21.6 Å². The molecule has 0 bridgehead atoms. The van der Waals surface area contributed by atoms with Gasteiger partial charge in [0.15, 0.2) is 5.78 Å². The third-order valence-corrected chi connectivity index (χ3v) is 7.29. The van der Waals surface area contributed by atoms with E-state index in [1.54, 1.807) is 0 Å². The van der Waals surface area contributed by atoms with E-state index in [9.17, 15) is 9.59 Å². The summed E-state index contributed by atoms with van der Waals surface area (Å²) in [6.07, 6.45) is 22.8. The van der Waals surface area contributed by atoms with E-state index in [4.69, 9.17) is 23.2 Å². The van der Waals surface area contributed by atoms with Crippen LogP contribution >= 0.6 is 35.0 Å². The lowest BCUT2D eigenvalue weighted by atomic mass is 10.0. The minimum Gasteiger partial charge on any atom is -0.288 e. The van der Waals surface area contributed by atoms with Crippen LogP contribution in [0.15, 0.2) is 21.0 Å². The van der Waals surface area contributed by atoms with Gasteiger partial charge in [-0.15, -0.1) is 11.8 Å². The van der Waals surface area contributed by atoms with Crippen molar-refractivity contribution in [3.63, 3.8) is 0 Å². The third-order valence-electron chi connectivity index (χ3n) is 5.35.